The highest BCUT2D eigenvalue weighted by Gasteiger charge is 2.08. The maximum atomic E-state index is 13.5. The van der Waals surface area contributed by atoms with Crippen molar-refractivity contribution in [1.29, 1.82) is 0 Å². The number of rotatable bonds is 6. The third-order valence-corrected chi connectivity index (χ3v) is 4.25. The summed E-state index contributed by atoms with van der Waals surface area (Å²) in [5.74, 6) is -0.279. The molecule has 0 aliphatic carbocycles. The van der Waals surface area contributed by atoms with Crippen molar-refractivity contribution in [1.82, 2.24) is 15.5 Å². The van der Waals surface area contributed by atoms with Gasteiger partial charge < -0.3 is 5.32 Å². The van der Waals surface area contributed by atoms with Crippen molar-refractivity contribution in [3.8, 4) is 10.6 Å². The summed E-state index contributed by atoms with van der Waals surface area (Å²) in [7, 11) is 0. The topological polar surface area (TPSA) is 37.8 Å². The minimum absolute atomic E-state index is 0.279. The van der Waals surface area contributed by atoms with Crippen LogP contribution in [0.15, 0.2) is 22.7 Å². The molecule has 0 fully saturated rings. The molecule has 0 saturated heterocycles. The molecule has 0 atom stereocenters. The van der Waals surface area contributed by atoms with Crippen molar-refractivity contribution in [3.63, 3.8) is 0 Å². The molecule has 1 aromatic heterocycles. The van der Waals surface area contributed by atoms with E-state index < -0.39 is 0 Å². The molecular weight excluding hydrogens is 329 g/mol. The van der Waals surface area contributed by atoms with Gasteiger partial charge in [0.25, 0.3) is 0 Å². The zero-order valence-electron chi connectivity index (χ0n) is 10.6. The van der Waals surface area contributed by atoms with E-state index in [1.54, 1.807) is 6.07 Å². The molecule has 1 heterocycles. The van der Waals surface area contributed by atoms with Gasteiger partial charge >= 0.3 is 0 Å². The van der Waals surface area contributed by atoms with Crippen LogP contribution in [0.4, 0.5) is 4.39 Å². The van der Waals surface area contributed by atoms with E-state index in [-0.39, 0.29) is 5.82 Å². The summed E-state index contributed by atoms with van der Waals surface area (Å²) in [6.07, 6.45) is 1.98. The van der Waals surface area contributed by atoms with E-state index in [4.69, 9.17) is 0 Å². The molecular formula is C13H15BrFN3S. The number of nitrogens with zero attached hydrogens (tertiary/aromatic N) is 2. The van der Waals surface area contributed by atoms with E-state index in [1.165, 1.54) is 17.4 Å². The van der Waals surface area contributed by atoms with Gasteiger partial charge in [0, 0.05) is 18.5 Å². The maximum absolute atomic E-state index is 13.5. The van der Waals surface area contributed by atoms with Crippen LogP contribution >= 0.6 is 27.3 Å². The van der Waals surface area contributed by atoms with Gasteiger partial charge in [-0.3, -0.25) is 0 Å². The van der Waals surface area contributed by atoms with Gasteiger partial charge in [0.2, 0.25) is 0 Å². The number of halogens is 2. The Balaban J connectivity index is 2.01. The lowest BCUT2D eigenvalue weighted by atomic mass is 10.2. The Morgan fingerprint density at radius 1 is 1.32 bits per heavy atom. The predicted molar refractivity (Wildman–Crippen MR) is 79.9 cm³/mol. The summed E-state index contributed by atoms with van der Waals surface area (Å²) in [6.45, 7) is 4.05. The summed E-state index contributed by atoms with van der Waals surface area (Å²) < 4.78 is 13.9. The lowest BCUT2D eigenvalue weighted by Gasteiger charge is -1.99. The molecule has 2 rings (SSSR count). The van der Waals surface area contributed by atoms with Crippen LogP contribution in [0.25, 0.3) is 10.6 Å². The number of benzene rings is 1. The average Bonchev–Trinajstić information content (AvgIpc) is 2.87. The van der Waals surface area contributed by atoms with Crippen LogP contribution in [0.5, 0.6) is 0 Å². The van der Waals surface area contributed by atoms with Crippen molar-refractivity contribution in [2.45, 2.75) is 19.8 Å². The van der Waals surface area contributed by atoms with Crippen molar-refractivity contribution < 1.29 is 4.39 Å². The summed E-state index contributed by atoms with van der Waals surface area (Å²) >= 11 is 4.65. The van der Waals surface area contributed by atoms with Gasteiger partial charge in [-0.1, -0.05) is 24.3 Å². The Morgan fingerprint density at radius 2 is 2.16 bits per heavy atom. The Hall–Kier alpha value is -0.850. The molecule has 0 amide bonds. The van der Waals surface area contributed by atoms with Gasteiger partial charge in [-0.2, -0.15) is 0 Å². The molecule has 0 unspecified atom stereocenters. The lowest BCUT2D eigenvalue weighted by molar-refractivity contribution is 0.621. The number of aromatic nitrogens is 2. The zero-order valence-corrected chi connectivity index (χ0v) is 13.0. The molecule has 1 N–H and O–H groups in total. The van der Waals surface area contributed by atoms with Gasteiger partial charge in [-0.25, -0.2) is 4.39 Å². The summed E-state index contributed by atoms with van der Waals surface area (Å²) in [6, 6.07) is 5.01. The van der Waals surface area contributed by atoms with Gasteiger partial charge in [0.1, 0.15) is 15.8 Å². The molecule has 0 aliphatic heterocycles. The highest BCUT2D eigenvalue weighted by Crippen LogP contribution is 2.27. The fraction of sp³-hybridized carbons (Fsp3) is 0.385. The molecule has 102 valence electrons. The minimum atomic E-state index is -0.279. The molecule has 3 nitrogen and oxygen atoms in total. The summed E-state index contributed by atoms with van der Waals surface area (Å²) in [5.41, 5.74) is 0.769. The van der Waals surface area contributed by atoms with E-state index in [2.05, 4.69) is 38.4 Å². The van der Waals surface area contributed by atoms with Crippen LogP contribution in [0.2, 0.25) is 0 Å². The fourth-order valence-electron chi connectivity index (χ4n) is 1.60. The zero-order chi connectivity index (χ0) is 13.7. The molecule has 1 aromatic carbocycles. The normalized spacial score (nSPS) is 10.9. The molecule has 19 heavy (non-hydrogen) atoms. The molecule has 0 spiro atoms. The minimum Gasteiger partial charge on any atom is -0.316 e. The number of nitrogens with one attached hydrogen (secondary N) is 1. The third kappa shape index (κ3) is 4.06. The van der Waals surface area contributed by atoms with Gasteiger partial charge in [-0.15, -0.1) is 10.2 Å². The first-order valence-electron chi connectivity index (χ1n) is 6.19. The van der Waals surface area contributed by atoms with Crippen LogP contribution in [-0.4, -0.2) is 23.3 Å². The van der Waals surface area contributed by atoms with E-state index >= 15 is 0 Å². The van der Waals surface area contributed by atoms with Crippen molar-refractivity contribution >= 4 is 27.3 Å². The van der Waals surface area contributed by atoms with Gasteiger partial charge in [-0.05, 0) is 41.0 Å². The smallest absolute Gasteiger partial charge is 0.147 e. The molecule has 0 aliphatic rings. The van der Waals surface area contributed by atoms with E-state index in [9.17, 15) is 4.39 Å². The SMILES string of the molecule is CCCNCCc1nnc(-c2ccc(Br)c(F)c2)s1. The maximum Gasteiger partial charge on any atom is 0.147 e. The second kappa shape index (κ2) is 7.07. The molecule has 0 saturated carbocycles. The molecule has 0 bridgehead atoms. The Labute approximate surface area is 124 Å². The largest absolute Gasteiger partial charge is 0.316 e. The Bertz CT molecular complexity index is 544. The first kappa shape index (κ1) is 14.6. The standard InChI is InChI=1S/C13H15BrFN3S/c1-2-6-16-7-5-12-17-18-13(19-12)9-3-4-10(14)11(15)8-9/h3-4,8,16H,2,5-7H2,1H3. The van der Waals surface area contributed by atoms with Crippen LogP contribution < -0.4 is 5.32 Å². The van der Waals surface area contributed by atoms with E-state index in [0.29, 0.717) is 4.47 Å². The number of hydrogen-bond donors (Lipinski definition) is 1. The Kier molecular flexibility index (Phi) is 5.42. The van der Waals surface area contributed by atoms with Crippen LogP contribution in [0, 0.1) is 5.82 Å². The monoisotopic (exact) mass is 343 g/mol. The first-order chi connectivity index (χ1) is 9.20. The molecule has 6 heteroatoms. The average molecular weight is 344 g/mol. The van der Waals surface area contributed by atoms with Crippen molar-refractivity contribution in [3.05, 3.63) is 33.5 Å². The second-order valence-electron chi connectivity index (χ2n) is 4.13. The second-order valence-corrected chi connectivity index (χ2v) is 6.05. The predicted octanol–water partition coefficient (Wildman–Crippen LogP) is 3.65. The molecule has 2 aromatic rings. The quantitative estimate of drug-likeness (QED) is 0.813. The number of hydrogen-bond acceptors (Lipinski definition) is 4. The fourth-order valence-corrected chi connectivity index (χ4v) is 2.68. The van der Waals surface area contributed by atoms with Crippen molar-refractivity contribution in [2.24, 2.45) is 0 Å². The van der Waals surface area contributed by atoms with E-state index in [0.717, 1.165) is 41.5 Å². The van der Waals surface area contributed by atoms with E-state index in [1.807, 2.05) is 6.07 Å². The summed E-state index contributed by atoms with van der Waals surface area (Å²) in [4.78, 5) is 0. The van der Waals surface area contributed by atoms with Crippen LogP contribution in [0.1, 0.15) is 18.4 Å². The third-order valence-electron chi connectivity index (χ3n) is 2.58. The first-order valence-corrected chi connectivity index (χ1v) is 7.80. The molecule has 0 radical (unpaired) electrons. The van der Waals surface area contributed by atoms with Crippen LogP contribution in [0.3, 0.4) is 0 Å². The summed E-state index contributed by atoms with van der Waals surface area (Å²) in [5, 5.41) is 13.3. The highest BCUT2D eigenvalue weighted by atomic mass is 79.9. The van der Waals surface area contributed by atoms with Crippen molar-refractivity contribution in [2.75, 3.05) is 13.1 Å². The van der Waals surface area contributed by atoms with Gasteiger partial charge in [0.15, 0.2) is 0 Å². The van der Waals surface area contributed by atoms with Gasteiger partial charge in [0.05, 0.1) is 4.47 Å². The lowest BCUT2D eigenvalue weighted by Crippen LogP contribution is -2.17. The Morgan fingerprint density at radius 3 is 2.89 bits per heavy atom. The van der Waals surface area contributed by atoms with Crippen LogP contribution in [-0.2, 0) is 6.42 Å². The highest BCUT2D eigenvalue weighted by molar-refractivity contribution is 9.10.